The maximum atomic E-state index is 8.37. The van der Waals surface area contributed by atoms with Crippen LogP contribution in [0.1, 0.15) is 5.56 Å². The molecule has 0 aromatic heterocycles. The fourth-order valence-electron chi connectivity index (χ4n) is 0.936. The Labute approximate surface area is 80.3 Å². The van der Waals surface area contributed by atoms with Crippen molar-refractivity contribution in [2.24, 2.45) is 10.1 Å². The molecule has 1 aromatic rings. The quantitative estimate of drug-likeness (QED) is 0.722. The average molecular weight is 193 g/mol. The molecule has 4 heteroatoms. The maximum absolute atomic E-state index is 8.37. The minimum absolute atomic E-state index is 0.321. The first-order valence-electron chi connectivity index (χ1n) is 3.83. The van der Waals surface area contributed by atoms with Crippen LogP contribution in [-0.4, -0.2) is 6.26 Å². The standard InChI is InChI=1S/C9H11N3S/c1-13(12-7-11)9-4-2-8(6-10)3-5-9/h2-5H,6,10H2,1H3. The van der Waals surface area contributed by atoms with Crippen molar-refractivity contribution >= 4 is 10.7 Å². The van der Waals surface area contributed by atoms with Crippen molar-refractivity contribution in [3.8, 4) is 6.19 Å². The molecule has 1 aromatic carbocycles. The molecule has 0 saturated heterocycles. The Kier molecular flexibility index (Phi) is 3.62. The summed E-state index contributed by atoms with van der Waals surface area (Å²) >= 11 is 0. The van der Waals surface area contributed by atoms with Crippen LogP contribution in [0.2, 0.25) is 0 Å². The van der Waals surface area contributed by atoms with E-state index in [0.717, 1.165) is 10.5 Å². The molecule has 0 amide bonds. The highest BCUT2D eigenvalue weighted by molar-refractivity contribution is 7.86. The lowest BCUT2D eigenvalue weighted by molar-refractivity contribution is 1.07. The Hall–Kier alpha value is -1.18. The number of benzene rings is 1. The van der Waals surface area contributed by atoms with E-state index in [0.29, 0.717) is 6.54 Å². The number of hydrogen-bond donors (Lipinski definition) is 1. The predicted octanol–water partition coefficient (Wildman–Crippen LogP) is 1.42. The van der Waals surface area contributed by atoms with Crippen LogP contribution in [0.15, 0.2) is 33.5 Å². The molecule has 0 aliphatic rings. The lowest BCUT2D eigenvalue weighted by Crippen LogP contribution is -1.96. The van der Waals surface area contributed by atoms with Crippen LogP contribution in [0.3, 0.4) is 0 Å². The van der Waals surface area contributed by atoms with Crippen molar-refractivity contribution in [3.05, 3.63) is 29.8 Å². The minimum atomic E-state index is -0.321. The van der Waals surface area contributed by atoms with Crippen LogP contribution in [0.4, 0.5) is 0 Å². The molecule has 0 heterocycles. The van der Waals surface area contributed by atoms with Gasteiger partial charge in [-0.25, -0.2) is 0 Å². The van der Waals surface area contributed by atoms with Gasteiger partial charge < -0.3 is 5.73 Å². The molecular formula is C9H11N3S. The fraction of sp³-hybridized carbons (Fsp3) is 0.222. The van der Waals surface area contributed by atoms with Crippen molar-refractivity contribution in [2.45, 2.75) is 11.4 Å². The molecule has 13 heavy (non-hydrogen) atoms. The first kappa shape index (κ1) is 9.90. The molecule has 68 valence electrons. The van der Waals surface area contributed by atoms with Gasteiger partial charge in [-0.15, -0.1) is 4.36 Å². The summed E-state index contributed by atoms with van der Waals surface area (Å²) in [6, 6.07) is 7.86. The zero-order valence-corrected chi connectivity index (χ0v) is 8.21. The summed E-state index contributed by atoms with van der Waals surface area (Å²) in [5, 5.41) is 8.37. The molecule has 0 saturated carbocycles. The second-order valence-corrected chi connectivity index (χ2v) is 4.13. The Morgan fingerprint density at radius 3 is 2.54 bits per heavy atom. The summed E-state index contributed by atoms with van der Waals surface area (Å²) in [4.78, 5) is 1.07. The lowest BCUT2D eigenvalue weighted by Gasteiger charge is -2.00. The largest absolute Gasteiger partial charge is 0.326 e. The van der Waals surface area contributed by atoms with Gasteiger partial charge in [0.15, 0.2) is 0 Å². The van der Waals surface area contributed by atoms with E-state index in [1.807, 2.05) is 36.7 Å². The molecule has 1 rings (SSSR count). The third-order valence-corrected chi connectivity index (χ3v) is 2.99. The summed E-state index contributed by atoms with van der Waals surface area (Å²) < 4.78 is 3.75. The van der Waals surface area contributed by atoms with E-state index in [-0.39, 0.29) is 10.7 Å². The van der Waals surface area contributed by atoms with Gasteiger partial charge in [0.2, 0.25) is 6.19 Å². The Bertz CT molecular complexity index is 348. The molecule has 0 aliphatic carbocycles. The average Bonchev–Trinajstić information content (AvgIpc) is 2.18. The number of hydrogen-bond acceptors (Lipinski definition) is 3. The summed E-state index contributed by atoms with van der Waals surface area (Å²) in [5.41, 5.74) is 6.56. The fourth-order valence-corrected chi connectivity index (χ4v) is 1.69. The van der Waals surface area contributed by atoms with Crippen LogP contribution in [0.5, 0.6) is 0 Å². The normalized spacial score (nSPS) is 12.4. The molecule has 0 aliphatic heterocycles. The highest BCUT2D eigenvalue weighted by atomic mass is 32.2. The van der Waals surface area contributed by atoms with Gasteiger partial charge in [0, 0.05) is 11.4 Å². The zero-order valence-electron chi connectivity index (χ0n) is 7.40. The van der Waals surface area contributed by atoms with E-state index in [2.05, 4.69) is 4.36 Å². The summed E-state index contributed by atoms with van der Waals surface area (Å²) in [5.74, 6) is 0. The third kappa shape index (κ3) is 2.65. The Balaban J connectivity index is 2.94. The smallest absolute Gasteiger partial charge is 0.212 e. The van der Waals surface area contributed by atoms with Crippen molar-refractivity contribution < 1.29 is 0 Å². The molecule has 0 radical (unpaired) electrons. The van der Waals surface area contributed by atoms with Gasteiger partial charge in [-0.1, -0.05) is 22.8 Å². The van der Waals surface area contributed by atoms with Crippen LogP contribution >= 0.6 is 0 Å². The van der Waals surface area contributed by atoms with Crippen molar-refractivity contribution in [3.63, 3.8) is 0 Å². The SMILES string of the molecule is C/S(=N/C#N)c1ccc(CN)cc1. The number of rotatable bonds is 2. The molecule has 1 unspecified atom stereocenters. The van der Waals surface area contributed by atoms with Gasteiger partial charge in [-0.3, -0.25) is 0 Å². The molecule has 0 spiro atoms. The molecule has 2 N–H and O–H groups in total. The molecule has 1 atom stereocenters. The summed E-state index contributed by atoms with van der Waals surface area (Å²) in [6.45, 7) is 0.549. The van der Waals surface area contributed by atoms with Crippen molar-refractivity contribution in [1.82, 2.24) is 0 Å². The molecular weight excluding hydrogens is 182 g/mol. The van der Waals surface area contributed by atoms with E-state index in [1.54, 1.807) is 0 Å². The number of nitrogens with zero attached hydrogens (tertiary/aromatic N) is 2. The maximum Gasteiger partial charge on any atom is 0.212 e. The first-order chi connectivity index (χ1) is 6.27. The first-order valence-corrected chi connectivity index (χ1v) is 5.42. The molecule has 3 nitrogen and oxygen atoms in total. The van der Waals surface area contributed by atoms with Gasteiger partial charge in [-0.05, 0) is 24.0 Å². The van der Waals surface area contributed by atoms with Crippen LogP contribution < -0.4 is 5.73 Å². The predicted molar refractivity (Wildman–Crippen MR) is 53.9 cm³/mol. The van der Waals surface area contributed by atoms with Gasteiger partial charge in [0.25, 0.3) is 0 Å². The van der Waals surface area contributed by atoms with Crippen molar-refractivity contribution in [1.29, 1.82) is 5.26 Å². The number of nitriles is 1. The second kappa shape index (κ2) is 4.75. The lowest BCUT2D eigenvalue weighted by atomic mass is 10.2. The van der Waals surface area contributed by atoms with Crippen LogP contribution in [0, 0.1) is 11.5 Å². The van der Waals surface area contributed by atoms with Gasteiger partial charge in [0.1, 0.15) is 0 Å². The topological polar surface area (TPSA) is 62.2 Å². The Morgan fingerprint density at radius 2 is 2.08 bits per heavy atom. The zero-order chi connectivity index (χ0) is 9.68. The molecule has 0 fully saturated rings. The van der Waals surface area contributed by atoms with Gasteiger partial charge >= 0.3 is 0 Å². The van der Waals surface area contributed by atoms with Crippen molar-refractivity contribution in [2.75, 3.05) is 6.26 Å². The summed E-state index contributed by atoms with van der Waals surface area (Å²) in [6.07, 6.45) is 3.72. The Morgan fingerprint density at radius 1 is 1.46 bits per heavy atom. The van der Waals surface area contributed by atoms with Gasteiger partial charge in [-0.2, -0.15) is 5.26 Å². The monoisotopic (exact) mass is 193 g/mol. The van der Waals surface area contributed by atoms with Gasteiger partial charge in [0.05, 0.1) is 0 Å². The third-order valence-electron chi connectivity index (χ3n) is 1.68. The van der Waals surface area contributed by atoms with E-state index in [9.17, 15) is 0 Å². The minimum Gasteiger partial charge on any atom is -0.326 e. The summed E-state index contributed by atoms with van der Waals surface area (Å²) in [7, 11) is -0.321. The molecule has 0 bridgehead atoms. The highest BCUT2D eigenvalue weighted by Gasteiger charge is 1.94. The van der Waals surface area contributed by atoms with E-state index >= 15 is 0 Å². The second-order valence-electron chi connectivity index (χ2n) is 2.52. The highest BCUT2D eigenvalue weighted by Crippen LogP contribution is 2.08. The number of nitrogens with two attached hydrogens (primary N) is 1. The van der Waals surface area contributed by atoms with E-state index in [4.69, 9.17) is 11.0 Å². The van der Waals surface area contributed by atoms with E-state index < -0.39 is 0 Å². The van der Waals surface area contributed by atoms with Crippen LogP contribution in [-0.2, 0) is 17.2 Å². The van der Waals surface area contributed by atoms with Crippen LogP contribution in [0.25, 0.3) is 0 Å². The van der Waals surface area contributed by atoms with E-state index in [1.165, 1.54) is 0 Å².